The van der Waals surface area contributed by atoms with Crippen LogP contribution in [-0.2, 0) is 10.0 Å². The summed E-state index contributed by atoms with van der Waals surface area (Å²) in [6.07, 6.45) is 2.13. The van der Waals surface area contributed by atoms with Crippen LogP contribution in [0.1, 0.15) is 18.9 Å². The van der Waals surface area contributed by atoms with E-state index in [4.69, 9.17) is 0 Å². The maximum Gasteiger partial charge on any atom is 0.243 e. The number of fused-ring (bicyclic) bond motifs is 1. The zero-order chi connectivity index (χ0) is 23.3. The molecule has 3 aromatic rings. The number of hydrogen-bond acceptors (Lipinski definition) is 6. The summed E-state index contributed by atoms with van der Waals surface area (Å²) in [7, 11) is 0.0397. The molecule has 2 N–H and O–H groups in total. The first-order chi connectivity index (χ1) is 15.2. The van der Waals surface area contributed by atoms with E-state index in [-0.39, 0.29) is 22.1 Å². The third kappa shape index (κ3) is 5.27. The molecule has 0 aliphatic carbocycles. The summed E-state index contributed by atoms with van der Waals surface area (Å²) in [4.78, 5) is 6.31. The van der Waals surface area contributed by atoms with Crippen molar-refractivity contribution in [3.63, 3.8) is 0 Å². The Bertz CT molecular complexity index is 1220. The Hall–Kier alpha value is -2.94. The average molecular weight is 456 g/mol. The molecule has 170 valence electrons. The van der Waals surface area contributed by atoms with Gasteiger partial charge in [-0.2, -0.15) is 4.31 Å². The van der Waals surface area contributed by atoms with Gasteiger partial charge < -0.3 is 15.1 Å². The van der Waals surface area contributed by atoms with E-state index in [1.165, 1.54) is 28.7 Å². The van der Waals surface area contributed by atoms with E-state index in [2.05, 4.69) is 4.99 Å². The number of sulfonamides is 1. The molecule has 8 heteroatoms. The number of likely N-dealkylation sites (N-methyl/N-ethyl adjacent to an activating group) is 1. The fraction of sp³-hybridized carbons (Fsp3) is 0.292. The van der Waals surface area contributed by atoms with Crippen molar-refractivity contribution >= 4 is 32.7 Å². The fourth-order valence-corrected chi connectivity index (χ4v) is 4.93. The first kappa shape index (κ1) is 23.7. The Kier molecular flexibility index (Phi) is 7.50. The second-order valence-electron chi connectivity index (χ2n) is 7.84. The second kappa shape index (κ2) is 10.1. The summed E-state index contributed by atoms with van der Waals surface area (Å²) in [5.41, 5.74) is 0.608. The molecule has 0 aliphatic heterocycles. The van der Waals surface area contributed by atoms with Gasteiger partial charge >= 0.3 is 0 Å². The number of benzene rings is 3. The molecule has 0 bridgehead atoms. The Morgan fingerprint density at radius 1 is 0.938 bits per heavy atom. The molecule has 3 rings (SSSR count). The average Bonchev–Trinajstić information content (AvgIpc) is 2.76. The molecule has 0 amide bonds. The van der Waals surface area contributed by atoms with Crippen LogP contribution in [0.2, 0.25) is 0 Å². The number of phenols is 2. The van der Waals surface area contributed by atoms with E-state index in [9.17, 15) is 18.6 Å². The molecule has 3 aromatic carbocycles. The lowest BCUT2D eigenvalue weighted by Gasteiger charge is -2.23. The number of hydrogen-bond donors (Lipinski definition) is 2. The van der Waals surface area contributed by atoms with Gasteiger partial charge in [0, 0.05) is 31.4 Å². The summed E-state index contributed by atoms with van der Waals surface area (Å²) >= 11 is 0. The highest BCUT2D eigenvalue weighted by molar-refractivity contribution is 7.89. The molecule has 0 saturated carbocycles. The van der Waals surface area contributed by atoms with Crippen molar-refractivity contribution in [1.29, 1.82) is 0 Å². The molecule has 7 nitrogen and oxygen atoms in total. The number of rotatable bonds is 9. The molecule has 32 heavy (non-hydrogen) atoms. The third-order valence-electron chi connectivity index (χ3n) is 5.13. The molecule has 0 atom stereocenters. The zero-order valence-corrected chi connectivity index (χ0v) is 19.4. The van der Waals surface area contributed by atoms with Crippen LogP contribution < -0.4 is 0 Å². The molecular weight excluding hydrogens is 426 g/mol. The van der Waals surface area contributed by atoms with Crippen LogP contribution in [0.25, 0.3) is 10.8 Å². The highest BCUT2D eigenvalue weighted by atomic mass is 32.2. The minimum Gasteiger partial charge on any atom is -0.507 e. The lowest BCUT2D eigenvalue weighted by atomic mass is 10.0. The minimum absolute atomic E-state index is 0.0496. The highest BCUT2D eigenvalue weighted by Crippen LogP contribution is 2.32. The van der Waals surface area contributed by atoms with Crippen molar-refractivity contribution in [3.05, 3.63) is 60.2 Å². The SMILES string of the molecule is CCCN(CCN(C)C)S(=O)(=O)c1ccc(O)c(N=Cc2c(O)ccc3ccccc23)c1. The summed E-state index contributed by atoms with van der Waals surface area (Å²) in [5.74, 6) is -0.0937. The molecule has 0 fully saturated rings. The first-order valence-electron chi connectivity index (χ1n) is 10.5. The van der Waals surface area contributed by atoms with Gasteiger partial charge in [-0.25, -0.2) is 8.42 Å². The number of phenolic OH excluding ortho intramolecular Hbond substituents is 2. The van der Waals surface area contributed by atoms with Crippen molar-refractivity contribution in [3.8, 4) is 11.5 Å². The van der Waals surface area contributed by atoms with Gasteiger partial charge in [-0.1, -0.05) is 37.3 Å². The highest BCUT2D eigenvalue weighted by Gasteiger charge is 2.24. The van der Waals surface area contributed by atoms with Crippen molar-refractivity contribution < 1.29 is 18.6 Å². The topological polar surface area (TPSA) is 93.4 Å². The Labute approximate surface area is 189 Å². The smallest absolute Gasteiger partial charge is 0.243 e. The predicted molar refractivity (Wildman–Crippen MR) is 129 cm³/mol. The van der Waals surface area contributed by atoms with Crippen molar-refractivity contribution in [1.82, 2.24) is 9.21 Å². The van der Waals surface area contributed by atoms with Crippen LogP contribution in [0.15, 0.2) is 64.5 Å². The van der Waals surface area contributed by atoms with Crippen LogP contribution in [0.4, 0.5) is 5.69 Å². The second-order valence-corrected chi connectivity index (χ2v) is 9.77. The van der Waals surface area contributed by atoms with Gasteiger partial charge in [0.2, 0.25) is 10.0 Å². The number of aromatic hydroxyl groups is 2. The predicted octanol–water partition coefficient (Wildman–Crippen LogP) is 3.96. The lowest BCUT2D eigenvalue weighted by molar-refractivity contribution is 0.333. The first-order valence-corrected chi connectivity index (χ1v) is 11.9. The van der Waals surface area contributed by atoms with Gasteiger partial charge in [-0.15, -0.1) is 0 Å². The molecule has 0 saturated heterocycles. The fourth-order valence-electron chi connectivity index (χ4n) is 3.38. The van der Waals surface area contributed by atoms with E-state index < -0.39 is 10.0 Å². The Morgan fingerprint density at radius 3 is 2.38 bits per heavy atom. The summed E-state index contributed by atoms with van der Waals surface area (Å²) in [6.45, 7) is 3.30. The van der Waals surface area contributed by atoms with E-state index in [1.54, 1.807) is 6.07 Å². The minimum atomic E-state index is -3.75. The molecule has 0 aliphatic rings. The maximum atomic E-state index is 13.2. The summed E-state index contributed by atoms with van der Waals surface area (Å²) in [6, 6.07) is 15.0. The largest absolute Gasteiger partial charge is 0.507 e. The molecule has 0 heterocycles. The van der Waals surface area contributed by atoms with Crippen LogP contribution in [-0.4, -0.2) is 67.8 Å². The van der Waals surface area contributed by atoms with Crippen LogP contribution in [0.3, 0.4) is 0 Å². The Balaban J connectivity index is 1.98. The van der Waals surface area contributed by atoms with Gasteiger partial charge in [0.1, 0.15) is 17.2 Å². The van der Waals surface area contributed by atoms with Crippen LogP contribution >= 0.6 is 0 Å². The lowest BCUT2D eigenvalue weighted by Crippen LogP contribution is -2.37. The van der Waals surface area contributed by atoms with E-state index in [0.717, 1.165) is 10.8 Å². The van der Waals surface area contributed by atoms with Gasteiger partial charge in [0.25, 0.3) is 0 Å². The summed E-state index contributed by atoms with van der Waals surface area (Å²) in [5, 5.41) is 22.3. The quantitative estimate of drug-likeness (QED) is 0.476. The van der Waals surface area contributed by atoms with Crippen molar-refractivity contribution in [2.75, 3.05) is 33.7 Å². The Morgan fingerprint density at radius 2 is 1.66 bits per heavy atom. The monoisotopic (exact) mass is 455 g/mol. The molecule has 0 aromatic heterocycles. The van der Waals surface area contributed by atoms with E-state index in [0.29, 0.717) is 31.6 Å². The molecule has 0 radical (unpaired) electrons. The van der Waals surface area contributed by atoms with Gasteiger partial charge in [0.15, 0.2) is 0 Å². The summed E-state index contributed by atoms with van der Waals surface area (Å²) < 4.78 is 27.9. The van der Waals surface area contributed by atoms with E-state index in [1.807, 2.05) is 56.3 Å². The third-order valence-corrected chi connectivity index (χ3v) is 7.03. The normalized spacial score (nSPS) is 12.4. The number of aliphatic imine (C=N–C) groups is 1. The molecule has 0 spiro atoms. The van der Waals surface area contributed by atoms with Crippen molar-refractivity contribution in [2.45, 2.75) is 18.2 Å². The van der Waals surface area contributed by atoms with Crippen LogP contribution in [0, 0.1) is 0 Å². The van der Waals surface area contributed by atoms with Gasteiger partial charge in [-0.3, -0.25) is 4.99 Å². The standard InChI is InChI=1S/C24H29N3O4S/c1-4-13-27(15-14-26(2)3)32(30,31)19-10-12-24(29)22(16-19)25-17-21-20-8-6-5-7-18(20)9-11-23(21)28/h5-12,16-17,28-29H,4,13-15H2,1-3H3. The van der Waals surface area contributed by atoms with Gasteiger partial charge in [0.05, 0.1) is 4.90 Å². The zero-order valence-electron chi connectivity index (χ0n) is 18.6. The molecular formula is C24H29N3O4S. The van der Waals surface area contributed by atoms with E-state index >= 15 is 0 Å². The van der Waals surface area contributed by atoms with Gasteiger partial charge in [-0.05, 0) is 55.6 Å². The van der Waals surface area contributed by atoms with Crippen LogP contribution in [0.5, 0.6) is 11.5 Å². The maximum absolute atomic E-state index is 13.2. The molecule has 0 unspecified atom stereocenters. The number of nitrogens with zero attached hydrogens (tertiary/aromatic N) is 3. The van der Waals surface area contributed by atoms with Crippen molar-refractivity contribution in [2.24, 2.45) is 4.99 Å².